The van der Waals surface area contributed by atoms with Crippen molar-refractivity contribution in [3.8, 4) is 17.9 Å². The van der Waals surface area contributed by atoms with E-state index in [9.17, 15) is 5.26 Å². The number of furan rings is 1. The molecule has 0 fully saturated rings. The highest BCUT2D eigenvalue weighted by Gasteiger charge is 2.12. The van der Waals surface area contributed by atoms with Crippen molar-refractivity contribution in [2.45, 2.75) is 20.5 Å². The Morgan fingerprint density at radius 2 is 1.78 bits per heavy atom. The van der Waals surface area contributed by atoms with E-state index in [0.29, 0.717) is 35.1 Å². The molecule has 0 aliphatic rings. The van der Waals surface area contributed by atoms with Crippen LogP contribution in [0.25, 0.3) is 0 Å². The molecule has 0 radical (unpaired) electrons. The Balaban J connectivity index is 1.68. The van der Waals surface area contributed by atoms with Gasteiger partial charge in [-0.3, -0.25) is 0 Å². The number of aliphatic imine (C=N–C) groups is 1. The Kier molecular flexibility index (Phi) is 5.35. The molecule has 0 aliphatic carbocycles. The highest BCUT2D eigenvalue weighted by atomic mass is 16.5. The molecule has 3 aromatic rings. The largest absolute Gasteiger partial charge is 0.489 e. The van der Waals surface area contributed by atoms with Crippen LogP contribution in [0.4, 0.5) is 5.88 Å². The van der Waals surface area contributed by atoms with Crippen LogP contribution < -0.4 is 4.74 Å². The fraction of sp³-hybridized carbons (Fsp3) is 0.136. The summed E-state index contributed by atoms with van der Waals surface area (Å²) < 4.78 is 11.3. The van der Waals surface area contributed by atoms with Gasteiger partial charge in [-0.15, -0.1) is 0 Å². The normalized spacial score (nSPS) is 10.5. The lowest BCUT2D eigenvalue weighted by Gasteiger charge is -2.07. The van der Waals surface area contributed by atoms with Gasteiger partial charge in [-0.2, -0.15) is 10.5 Å². The number of nitrogens with zero attached hydrogens (tertiary/aromatic N) is 3. The molecule has 0 spiro atoms. The zero-order chi connectivity index (χ0) is 19.2. The van der Waals surface area contributed by atoms with Gasteiger partial charge in [0.15, 0.2) is 0 Å². The molecule has 27 heavy (non-hydrogen) atoms. The van der Waals surface area contributed by atoms with Gasteiger partial charge in [0.2, 0.25) is 5.88 Å². The van der Waals surface area contributed by atoms with Gasteiger partial charge in [-0.25, -0.2) is 4.99 Å². The van der Waals surface area contributed by atoms with E-state index in [1.807, 2.05) is 56.3 Å². The average Bonchev–Trinajstić information content (AvgIpc) is 2.98. The number of benzene rings is 2. The third kappa shape index (κ3) is 4.05. The average molecular weight is 355 g/mol. The molecule has 0 unspecified atom stereocenters. The molecule has 1 heterocycles. The van der Waals surface area contributed by atoms with Gasteiger partial charge in [0, 0.05) is 17.3 Å². The third-order valence-electron chi connectivity index (χ3n) is 4.22. The Hall–Kier alpha value is -3.83. The number of aryl methyl sites for hydroxylation is 1. The topological polar surface area (TPSA) is 82.3 Å². The lowest BCUT2D eigenvalue weighted by atomic mass is 10.1. The van der Waals surface area contributed by atoms with E-state index in [2.05, 4.69) is 17.1 Å². The maximum Gasteiger partial charge on any atom is 0.237 e. The summed E-state index contributed by atoms with van der Waals surface area (Å²) in [4.78, 5) is 4.28. The van der Waals surface area contributed by atoms with Crippen LogP contribution in [0.3, 0.4) is 0 Å². The Labute approximate surface area is 157 Å². The molecule has 0 saturated heterocycles. The lowest BCUT2D eigenvalue weighted by Crippen LogP contribution is -1.98. The van der Waals surface area contributed by atoms with Crippen LogP contribution in [0, 0.1) is 36.5 Å². The minimum atomic E-state index is 0.320. The smallest absolute Gasteiger partial charge is 0.237 e. The number of hydrogen-bond donors (Lipinski definition) is 0. The summed E-state index contributed by atoms with van der Waals surface area (Å²) in [6.07, 6.45) is 1.65. The van der Waals surface area contributed by atoms with Gasteiger partial charge in [-0.05, 0) is 49.7 Å². The van der Waals surface area contributed by atoms with E-state index in [4.69, 9.17) is 14.4 Å². The molecule has 0 saturated carbocycles. The standard InChI is InChI=1S/C22H17N3O2/c1-15-16(2)27-22(21(15)12-24)25-13-17-7-9-20(10-8-17)26-14-19-6-4-3-5-18(19)11-23/h3-10,13H,14H2,1-2H3. The predicted molar refractivity (Wildman–Crippen MR) is 102 cm³/mol. The van der Waals surface area contributed by atoms with Gasteiger partial charge in [-0.1, -0.05) is 18.2 Å². The second-order valence-corrected chi connectivity index (χ2v) is 5.96. The molecule has 0 N–H and O–H groups in total. The van der Waals surface area contributed by atoms with Crippen molar-refractivity contribution in [2.75, 3.05) is 0 Å². The van der Waals surface area contributed by atoms with Crippen molar-refractivity contribution >= 4 is 12.1 Å². The van der Waals surface area contributed by atoms with Gasteiger partial charge >= 0.3 is 0 Å². The fourth-order valence-electron chi connectivity index (χ4n) is 2.53. The number of nitriles is 2. The van der Waals surface area contributed by atoms with E-state index in [0.717, 1.165) is 16.7 Å². The highest BCUT2D eigenvalue weighted by Crippen LogP contribution is 2.27. The van der Waals surface area contributed by atoms with Crippen LogP contribution in [0.15, 0.2) is 57.9 Å². The summed E-state index contributed by atoms with van der Waals surface area (Å²) in [5.41, 5.74) is 3.58. The van der Waals surface area contributed by atoms with Crippen molar-refractivity contribution in [3.05, 3.63) is 82.1 Å². The Morgan fingerprint density at radius 3 is 2.48 bits per heavy atom. The van der Waals surface area contributed by atoms with Gasteiger partial charge in [0.05, 0.1) is 11.6 Å². The van der Waals surface area contributed by atoms with Crippen molar-refractivity contribution in [1.82, 2.24) is 0 Å². The minimum absolute atomic E-state index is 0.320. The molecule has 0 amide bonds. The summed E-state index contributed by atoms with van der Waals surface area (Å²) >= 11 is 0. The first-order valence-corrected chi connectivity index (χ1v) is 8.37. The molecule has 0 bridgehead atoms. The van der Waals surface area contributed by atoms with Crippen LogP contribution >= 0.6 is 0 Å². The maximum atomic E-state index is 9.22. The zero-order valence-corrected chi connectivity index (χ0v) is 15.1. The van der Waals surface area contributed by atoms with E-state index in [1.165, 1.54) is 0 Å². The van der Waals surface area contributed by atoms with E-state index in [-0.39, 0.29) is 0 Å². The first-order valence-electron chi connectivity index (χ1n) is 8.37. The van der Waals surface area contributed by atoms with E-state index in [1.54, 1.807) is 12.3 Å². The molecular formula is C22H17N3O2. The predicted octanol–water partition coefficient (Wildman–Crippen LogP) is 4.97. The first-order chi connectivity index (χ1) is 13.1. The van der Waals surface area contributed by atoms with E-state index >= 15 is 0 Å². The van der Waals surface area contributed by atoms with Crippen LogP contribution in [0.2, 0.25) is 0 Å². The quantitative estimate of drug-likeness (QED) is 0.605. The van der Waals surface area contributed by atoms with Gasteiger partial charge < -0.3 is 9.15 Å². The second-order valence-electron chi connectivity index (χ2n) is 5.96. The van der Waals surface area contributed by atoms with Crippen LogP contribution in [0.1, 0.15) is 33.6 Å². The molecule has 1 aromatic heterocycles. The summed E-state index contributed by atoms with van der Waals surface area (Å²) in [6, 6.07) is 19.0. The molecule has 0 aliphatic heterocycles. The molecule has 3 rings (SSSR count). The van der Waals surface area contributed by atoms with Crippen molar-refractivity contribution < 1.29 is 9.15 Å². The third-order valence-corrected chi connectivity index (χ3v) is 4.22. The zero-order valence-electron chi connectivity index (χ0n) is 15.1. The summed E-state index contributed by atoms with van der Waals surface area (Å²) in [6.45, 7) is 3.98. The second kappa shape index (κ2) is 8.03. The summed E-state index contributed by atoms with van der Waals surface area (Å²) in [5, 5.41) is 18.3. The van der Waals surface area contributed by atoms with Crippen molar-refractivity contribution in [3.63, 3.8) is 0 Å². The molecule has 0 atom stereocenters. The fourth-order valence-corrected chi connectivity index (χ4v) is 2.53. The summed E-state index contributed by atoms with van der Waals surface area (Å²) in [7, 11) is 0. The van der Waals surface area contributed by atoms with Crippen molar-refractivity contribution in [1.29, 1.82) is 10.5 Å². The van der Waals surface area contributed by atoms with E-state index < -0.39 is 0 Å². The van der Waals surface area contributed by atoms with Gasteiger partial charge in [0.25, 0.3) is 0 Å². The molecule has 5 heteroatoms. The molecule has 2 aromatic carbocycles. The van der Waals surface area contributed by atoms with Gasteiger partial charge in [0.1, 0.15) is 29.7 Å². The molecular weight excluding hydrogens is 338 g/mol. The monoisotopic (exact) mass is 355 g/mol. The van der Waals surface area contributed by atoms with Crippen LogP contribution in [0.5, 0.6) is 5.75 Å². The molecule has 132 valence electrons. The molecule has 5 nitrogen and oxygen atoms in total. The van der Waals surface area contributed by atoms with Crippen molar-refractivity contribution in [2.24, 2.45) is 4.99 Å². The minimum Gasteiger partial charge on any atom is -0.489 e. The first kappa shape index (κ1) is 18.0. The van der Waals surface area contributed by atoms with Crippen LogP contribution in [-0.2, 0) is 6.61 Å². The highest BCUT2D eigenvalue weighted by molar-refractivity contribution is 5.82. The SMILES string of the molecule is Cc1oc(N=Cc2ccc(OCc3ccccc3C#N)cc2)c(C#N)c1C. The summed E-state index contributed by atoms with van der Waals surface area (Å²) in [5.74, 6) is 1.71. The van der Waals surface area contributed by atoms with Crippen LogP contribution in [-0.4, -0.2) is 6.21 Å². The maximum absolute atomic E-state index is 9.22. The number of hydrogen-bond acceptors (Lipinski definition) is 5. The lowest BCUT2D eigenvalue weighted by molar-refractivity contribution is 0.306. The Morgan fingerprint density at radius 1 is 1.04 bits per heavy atom. The number of ether oxygens (including phenoxy) is 1. The number of rotatable bonds is 5. The Bertz CT molecular complexity index is 1060.